The number of rotatable bonds is 6. The predicted octanol–water partition coefficient (Wildman–Crippen LogP) is 5.45. The summed E-state index contributed by atoms with van der Waals surface area (Å²) in [5, 5.41) is 2.98. The van der Waals surface area contributed by atoms with Gasteiger partial charge in [-0.3, -0.25) is 4.99 Å². The number of hydrogen-bond acceptors (Lipinski definition) is 3. The number of benzene rings is 1. The molecule has 0 bridgehead atoms. The largest absolute Gasteiger partial charge is 0.493 e. The van der Waals surface area contributed by atoms with Crippen LogP contribution in [0.15, 0.2) is 81.5 Å². The highest BCUT2D eigenvalue weighted by atomic mass is 16.5. The third-order valence-corrected chi connectivity index (χ3v) is 5.29. The Balaban J connectivity index is 2.18. The summed E-state index contributed by atoms with van der Waals surface area (Å²) in [7, 11) is 3.59. The van der Waals surface area contributed by atoms with Crippen molar-refractivity contribution in [1.82, 2.24) is 5.32 Å². The lowest BCUT2D eigenvalue weighted by molar-refractivity contribution is 0.317. The van der Waals surface area contributed by atoms with Crippen LogP contribution < -0.4 is 10.1 Å². The van der Waals surface area contributed by atoms with Crippen molar-refractivity contribution in [3.8, 4) is 5.75 Å². The van der Waals surface area contributed by atoms with Crippen LogP contribution in [0.2, 0.25) is 0 Å². The number of nitrogens with one attached hydrogen (secondary N) is 1. The fourth-order valence-electron chi connectivity index (χ4n) is 3.77. The van der Waals surface area contributed by atoms with E-state index in [2.05, 4.69) is 71.3 Å². The molecule has 0 saturated carbocycles. The summed E-state index contributed by atoms with van der Waals surface area (Å²) in [5.41, 5.74) is 7.27. The van der Waals surface area contributed by atoms with Gasteiger partial charge in [0.05, 0.1) is 18.6 Å². The van der Waals surface area contributed by atoms with Crippen molar-refractivity contribution in [3.63, 3.8) is 0 Å². The van der Waals surface area contributed by atoms with Gasteiger partial charge >= 0.3 is 0 Å². The maximum absolute atomic E-state index is 6.05. The van der Waals surface area contributed by atoms with E-state index >= 15 is 0 Å². The van der Waals surface area contributed by atoms with Crippen molar-refractivity contribution in [2.45, 2.75) is 32.6 Å². The van der Waals surface area contributed by atoms with E-state index in [0.717, 1.165) is 66.0 Å². The third-order valence-electron chi connectivity index (χ3n) is 5.29. The van der Waals surface area contributed by atoms with Crippen LogP contribution in [-0.4, -0.2) is 33.3 Å². The second-order valence-corrected chi connectivity index (χ2v) is 7.43. The highest BCUT2D eigenvalue weighted by molar-refractivity contribution is 5.99. The molecule has 1 N–H and O–H groups in total. The molecule has 4 heteroatoms. The Bertz CT molecular complexity index is 974. The van der Waals surface area contributed by atoms with Crippen LogP contribution in [0, 0.1) is 0 Å². The van der Waals surface area contributed by atoms with E-state index in [1.165, 1.54) is 11.1 Å². The first kappa shape index (κ1) is 21.6. The number of aryl methyl sites for hydroxylation is 1. The van der Waals surface area contributed by atoms with E-state index in [1.807, 2.05) is 7.05 Å². The van der Waals surface area contributed by atoms with E-state index in [4.69, 9.17) is 4.74 Å². The molecule has 4 nitrogen and oxygen atoms in total. The minimum atomic E-state index is 0.760. The van der Waals surface area contributed by atoms with Gasteiger partial charge in [-0.05, 0) is 66.5 Å². The number of allylic oxidation sites excluding steroid dienone is 9. The summed E-state index contributed by atoms with van der Waals surface area (Å²) in [6.07, 6.45) is 16.2. The molecule has 0 radical (unpaired) electrons. The zero-order valence-electron chi connectivity index (χ0n) is 18.2. The fraction of sp³-hybridized carbons (Fsp3) is 0.308. The summed E-state index contributed by atoms with van der Waals surface area (Å²) in [5.74, 6) is 0.962. The van der Waals surface area contributed by atoms with Crippen molar-refractivity contribution in [3.05, 3.63) is 82.6 Å². The number of aliphatic imine (C=N–C) groups is 2. The average Bonchev–Trinajstić information content (AvgIpc) is 3.11. The molecule has 0 spiro atoms. The minimum absolute atomic E-state index is 0.760. The molecule has 0 aromatic heterocycles. The van der Waals surface area contributed by atoms with Gasteiger partial charge in [0.1, 0.15) is 5.75 Å². The fourth-order valence-corrected chi connectivity index (χ4v) is 3.77. The highest BCUT2D eigenvalue weighted by Gasteiger charge is 2.19. The van der Waals surface area contributed by atoms with E-state index < -0.39 is 0 Å². The van der Waals surface area contributed by atoms with E-state index in [1.54, 1.807) is 19.6 Å². The summed E-state index contributed by atoms with van der Waals surface area (Å²) in [6, 6.07) is 6.46. The Hall–Kier alpha value is -3.14. The molecule has 156 valence electrons. The summed E-state index contributed by atoms with van der Waals surface area (Å²) < 4.78 is 6.05. The molecule has 0 unspecified atom stereocenters. The Morgan fingerprint density at radius 2 is 2.13 bits per heavy atom. The van der Waals surface area contributed by atoms with Crippen LogP contribution in [0.25, 0.3) is 5.57 Å². The van der Waals surface area contributed by atoms with Gasteiger partial charge in [-0.2, -0.15) is 0 Å². The molecule has 1 aromatic rings. The van der Waals surface area contributed by atoms with Crippen LogP contribution in [-0.2, 0) is 6.42 Å². The first-order valence-corrected chi connectivity index (χ1v) is 10.5. The number of nitrogens with zero attached hydrogens (tertiary/aromatic N) is 2. The Morgan fingerprint density at radius 3 is 2.93 bits per heavy atom. The molecule has 2 aliphatic rings. The van der Waals surface area contributed by atoms with Gasteiger partial charge in [0, 0.05) is 25.9 Å². The average molecular weight is 402 g/mol. The molecule has 0 saturated heterocycles. The van der Waals surface area contributed by atoms with Crippen molar-refractivity contribution < 1.29 is 4.74 Å². The number of fused-ring (bicyclic) bond motifs is 1. The SMILES string of the molecule is C=C(C1=CCC=CC=C1C)/C(=C(\C=N/C)/N=C/NC)c1ccc2c(c1)OCCCC2. The minimum Gasteiger partial charge on any atom is -0.493 e. The smallest absolute Gasteiger partial charge is 0.123 e. The van der Waals surface area contributed by atoms with E-state index in [0.29, 0.717) is 0 Å². The van der Waals surface area contributed by atoms with Gasteiger partial charge in [0.25, 0.3) is 0 Å². The van der Waals surface area contributed by atoms with Crippen molar-refractivity contribution in [2.75, 3.05) is 20.7 Å². The molecule has 1 aliphatic carbocycles. The molecule has 30 heavy (non-hydrogen) atoms. The predicted molar refractivity (Wildman–Crippen MR) is 128 cm³/mol. The topological polar surface area (TPSA) is 46.0 Å². The molecular weight excluding hydrogens is 370 g/mol. The Kier molecular flexibility index (Phi) is 7.61. The lowest BCUT2D eigenvalue weighted by Crippen LogP contribution is -2.05. The summed E-state index contributed by atoms with van der Waals surface area (Å²) >= 11 is 0. The zero-order valence-corrected chi connectivity index (χ0v) is 18.2. The Labute approximate surface area is 180 Å². The number of hydrogen-bond donors (Lipinski definition) is 1. The normalized spacial score (nSPS) is 17.4. The van der Waals surface area contributed by atoms with Crippen LogP contribution in [0.3, 0.4) is 0 Å². The lowest BCUT2D eigenvalue weighted by atomic mass is 9.87. The van der Waals surface area contributed by atoms with Crippen LogP contribution in [0.1, 0.15) is 37.3 Å². The molecule has 0 fully saturated rings. The standard InChI is InChI=1S/C26H31N3O/c1-19-10-6-5-7-12-23(19)20(2)26(24(17-27-3)29-18-28-4)22-14-13-21-11-8-9-15-30-25(21)16-22/h5-6,10,12-14,16-18H,2,7-9,11,15H2,1,3-4H3,(H,28,29)/b26-24-,27-17-. The van der Waals surface area contributed by atoms with Crippen LogP contribution in [0.5, 0.6) is 5.75 Å². The van der Waals surface area contributed by atoms with Crippen molar-refractivity contribution >= 4 is 18.1 Å². The highest BCUT2D eigenvalue weighted by Crippen LogP contribution is 2.37. The van der Waals surface area contributed by atoms with Crippen LogP contribution in [0.4, 0.5) is 0 Å². The Morgan fingerprint density at radius 1 is 1.27 bits per heavy atom. The first-order valence-electron chi connectivity index (χ1n) is 10.5. The van der Waals surface area contributed by atoms with Gasteiger partial charge < -0.3 is 10.1 Å². The second-order valence-electron chi connectivity index (χ2n) is 7.43. The zero-order chi connectivity index (χ0) is 21.3. The number of ether oxygens (including phenoxy) is 1. The van der Waals surface area contributed by atoms with E-state index in [-0.39, 0.29) is 0 Å². The van der Waals surface area contributed by atoms with Crippen LogP contribution >= 0.6 is 0 Å². The molecule has 1 heterocycles. The van der Waals surface area contributed by atoms with Gasteiger partial charge in [-0.1, -0.05) is 43.0 Å². The van der Waals surface area contributed by atoms with Crippen molar-refractivity contribution in [1.29, 1.82) is 0 Å². The first-order chi connectivity index (χ1) is 14.7. The van der Waals surface area contributed by atoms with E-state index in [9.17, 15) is 0 Å². The second kappa shape index (κ2) is 10.6. The molecule has 0 amide bonds. The van der Waals surface area contributed by atoms with Gasteiger partial charge in [0.2, 0.25) is 0 Å². The molecule has 0 atom stereocenters. The quantitative estimate of drug-likeness (QED) is 0.391. The maximum atomic E-state index is 6.05. The van der Waals surface area contributed by atoms with Crippen molar-refractivity contribution in [2.24, 2.45) is 9.98 Å². The monoisotopic (exact) mass is 401 g/mol. The van der Waals surface area contributed by atoms with Gasteiger partial charge in [-0.25, -0.2) is 4.99 Å². The third kappa shape index (κ3) is 5.07. The molecule has 1 aromatic carbocycles. The summed E-state index contributed by atoms with van der Waals surface area (Å²) in [6.45, 7) is 7.38. The summed E-state index contributed by atoms with van der Waals surface area (Å²) in [4.78, 5) is 8.89. The maximum Gasteiger partial charge on any atom is 0.123 e. The van der Waals surface area contributed by atoms with Gasteiger partial charge in [0.15, 0.2) is 0 Å². The molecule has 3 rings (SSSR count). The molecular formula is C26H31N3O. The molecule has 1 aliphatic heterocycles. The lowest BCUT2D eigenvalue weighted by Gasteiger charge is -2.19. The van der Waals surface area contributed by atoms with Gasteiger partial charge in [-0.15, -0.1) is 0 Å².